The van der Waals surface area contributed by atoms with Crippen molar-refractivity contribution in [1.82, 2.24) is 19.9 Å². The zero-order valence-electron chi connectivity index (χ0n) is 19.0. The number of amides is 1. The average Bonchev–Trinajstić information content (AvgIpc) is 3.26. The molecule has 0 atom stereocenters. The maximum Gasteiger partial charge on any atom is 0.488 e. The second-order valence-corrected chi connectivity index (χ2v) is 8.47. The van der Waals surface area contributed by atoms with Gasteiger partial charge in [-0.05, 0) is 29.2 Å². The van der Waals surface area contributed by atoms with Crippen molar-refractivity contribution in [3.8, 4) is 5.95 Å². The first-order chi connectivity index (χ1) is 17.0. The third kappa shape index (κ3) is 4.37. The molecule has 0 radical (unpaired) electrons. The Hall–Kier alpha value is -3.77. The van der Waals surface area contributed by atoms with Crippen molar-refractivity contribution in [2.75, 3.05) is 11.9 Å². The summed E-state index contributed by atoms with van der Waals surface area (Å²) in [6, 6.07) is 14.3. The van der Waals surface area contributed by atoms with Crippen LogP contribution in [0, 0.1) is 0 Å². The number of anilines is 1. The second kappa shape index (κ2) is 9.47. The first-order valence-corrected chi connectivity index (χ1v) is 11.4. The maximum atomic E-state index is 12.0. The molecule has 1 aliphatic rings. The van der Waals surface area contributed by atoms with E-state index in [9.17, 15) is 14.8 Å². The van der Waals surface area contributed by atoms with Gasteiger partial charge in [-0.1, -0.05) is 30.3 Å². The van der Waals surface area contributed by atoms with Crippen LogP contribution >= 0.6 is 0 Å². The summed E-state index contributed by atoms with van der Waals surface area (Å²) < 4.78 is 1.87. The molecule has 0 saturated heterocycles. The Morgan fingerprint density at radius 1 is 1.17 bits per heavy atom. The first-order valence-electron chi connectivity index (χ1n) is 11.4. The Bertz CT molecular complexity index is 1420. The van der Waals surface area contributed by atoms with E-state index in [2.05, 4.69) is 10.6 Å². The van der Waals surface area contributed by atoms with Gasteiger partial charge < -0.3 is 32.1 Å². The number of nitrogens with one attached hydrogen (secondary N) is 2. The Morgan fingerprint density at radius 2 is 2.00 bits per heavy atom. The topological polar surface area (TPSA) is 164 Å². The number of nitrogens with two attached hydrogens (primary N) is 2. The molecular formula is C24H26BN7O3. The van der Waals surface area contributed by atoms with Crippen molar-refractivity contribution < 1.29 is 14.8 Å². The molecular weight excluding hydrogens is 445 g/mol. The molecule has 0 saturated carbocycles. The minimum absolute atomic E-state index is 0.230. The van der Waals surface area contributed by atoms with Crippen LogP contribution in [-0.2, 0) is 26.1 Å². The van der Waals surface area contributed by atoms with Gasteiger partial charge in [-0.25, -0.2) is 4.98 Å². The van der Waals surface area contributed by atoms with Gasteiger partial charge in [0, 0.05) is 54.8 Å². The van der Waals surface area contributed by atoms with Crippen LogP contribution in [-0.4, -0.2) is 44.2 Å². The van der Waals surface area contributed by atoms with Gasteiger partial charge in [0.15, 0.2) is 0 Å². The molecule has 11 heteroatoms. The highest BCUT2D eigenvalue weighted by molar-refractivity contribution is 6.58. The molecule has 0 aliphatic carbocycles. The van der Waals surface area contributed by atoms with E-state index < -0.39 is 13.0 Å². The quantitative estimate of drug-likeness (QED) is 0.204. The van der Waals surface area contributed by atoms with Crippen molar-refractivity contribution in [3.05, 3.63) is 76.6 Å². The van der Waals surface area contributed by atoms with Gasteiger partial charge in [-0.15, -0.1) is 0 Å². The lowest BCUT2D eigenvalue weighted by Gasteiger charge is -2.22. The van der Waals surface area contributed by atoms with Crippen LogP contribution in [0.1, 0.15) is 32.9 Å². The summed E-state index contributed by atoms with van der Waals surface area (Å²) in [4.78, 5) is 21.7. The van der Waals surface area contributed by atoms with Crippen molar-refractivity contribution in [1.29, 1.82) is 0 Å². The molecule has 10 nitrogen and oxygen atoms in total. The van der Waals surface area contributed by atoms with Gasteiger partial charge in [-0.2, -0.15) is 4.98 Å². The Labute approximate surface area is 202 Å². The molecule has 0 bridgehead atoms. The van der Waals surface area contributed by atoms with Gasteiger partial charge in [0.25, 0.3) is 0 Å². The minimum atomic E-state index is -1.53. The normalized spacial score (nSPS) is 13.0. The van der Waals surface area contributed by atoms with Crippen LogP contribution in [0.4, 0.5) is 5.82 Å². The van der Waals surface area contributed by atoms with Crippen LogP contribution in [0.3, 0.4) is 0 Å². The van der Waals surface area contributed by atoms with Gasteiger partial charge in [-0.3, -0.25) is 9.36 Å². The van der Waals surface area contributed by atoms with Gasteiger partial charge in [0.1, 0.15) is 5.82 Å². The summed E-state index contributed by atoms with van der Waals surface area (Å²) in [5.74, 6) is 0.638. The number of primary amides is 1. The predicted molar refractivity (Wildman–Crippen MR) is 134 cm³/mol. The molecule has 35 heavy (non-hydrogen) atoms. The van der Waals surface area contributed by atoms with Crippen LogP contribution < -0.4 is 27.6 Å². The highest BCUT2D eigenvalue weighted by Gasteiger charge is 2.22. The second-order valence-electron chi connectivity index (χ2n) is 8.47. The monoisotopic (exact) mass is 471 g/mol. The molecule has 1 aliphatic heterocycles. The summed E-state index contributed by atoms with van der Waals surface area (Å²) in [5.41, 5.74) is 16.8. The van der Waals surface area contributed by atoms with E-state index in [4.69, 9.17) is 21.4 Å². The summed E-state index contributed by atoms with van der Waals surface area (Å²) >= 11 is 0. The smallest absolute Gasteiger partial charge is 0.423 e. The van der Waals surface area contributed by atoms with Crippen LogP contribution in [0.15, 0.2) is 48.5 Å². The van der Waals surface area contributed by atoms with Crippen LogP contribution in [0.2, 0.25) is 0 Å². The van der Waals surface area contributed by atoms with Crippen molar-refractivity contribution >= 4 is 35.2 Å². The molecule has 8 N–H and O–H groups in total. The number of rotatable bonds is 7. The number of carbonyl (C=O) groups excluding carboxylic acids is 1. The highest BCUT2D eigenvalue weighted by Crippen LogP contribution is 2.28. The number of carbonyl (C=O) groups is 1. The summed E-state index contributed by atoms with van der Waals surface area (Å²) in [7, 11) is -1.53. The lowest BCUT2D eigenvalue weighted by molar-refractivity contribution is 0.100. The van der Waals surface area contributed by atoms with E-state index in [1.165, 1.54) is 0 Å². The van der Waals surface area contributed by atoms with E-state index in [0.717, 1.165) is 41.0 Å². The van der Waals surface area contributed by atoms with Gasteiger partial charge in [0.2, 0.25) is 11.9 Å². The van der Waals surface area contributed by atoms with Crippen molar-refractivity contribution in [3.63, 3.8) is 0 Å². The summed E-state index contributed by atoms with van der Waals surface area (Å²) in [5, 5.41) is 26.4. The maximum absolute atomic E-state index is 12.0. The van der Waals surface area contributed by atoms with E-state index in [0.29, 0.717) is 41.3 Å². The van der Waals surface area contributed by atoms with Gasteiger partial charge >= 0.3 is 7.12 Å². The number of hydrogen-bond acceptors (Lipinski definition) is 8. The van der Waals surface area contributed by atoms with E-state index in [1.807, 2.05) is 22.8 Å². The molecule has 0 spiro atoms. The zero-order chi connectivity index (χ0) is 24.5. The van der Waals surface area contributed by atoms with Gasteiger partial charge in [0.05, 0.1) is 11.2 Å². The number of fused-ring (bicyclic) bond motifs is 2. The van der Waals surface area contributed by atoms with Crippen LogP contribution in [0.25, 0.3) is 16.9 Å². The molecule has 2 aromatic carbocycles. The average molecular weight is 471 g/mol. The molecule has 4 aromatic rings. The fourth-order valence-electron chi connectivity index (χ4n) is 4.51. The molecule has 3 heterocycles. The number of benzene rings is 2. The largest absolute Gasteiger partial charge is 0.488 e. The van der Waals surface area contributed by atoms with E-state index in [-0.39, 0.29) is 6.54 Å². The van der Waals surface area contributed by atoms with Crippen molar-refractivity contribution in [2.45, 2.75) is 26.1 Å². The minimum Gasteiger partial charge on any atom is -0.423 e. The third-order valence-electron chi connectivity index (χ3n) is 6.23. The lowest BCUT2D eigenvalue weighted by Crippen LogP contribution is -2.30. The molecule has 5 rings (SSSR count). The standard InChI is InChI=1S/C24H26BN7O3/c26-11-16-10-18-17(22(27)33)5-2-6-21(18)32(16)24-30-20-7-8-28-13-19(20)23(31-24)29-12-14-3-1-4-15(9-14)25(34)35/h1-6,9-10,28,34-35H,7-8,11-13,26H2,(H2,27,33)(H,29,30,31). The SMILES string of the molecule is NCc1cc2c(C(N)=O)cccc2n1-c1nc2c(c(NCc3cccc(B(O)O)c3)n1)CNCC2. The molecule has 0 fully saturated rings. The zero-order valence-corrected chi connectivity index (χ0v) is 19.0. The Balaban J connectivity index is 1.59. The summed E-state index contributed by atoms with van der Waals surface area (Å²) in [6.45, 7) is 2.11. The summed E-state index contributed by atoms with van der Waals surface area (Å²) in [6.07, 6.45) is 0.745. The predicted octanol–water partition coefficient (Wildman–Crippen LogP) is -0.0843. The van der Waals surface area contributed by atoms with E-state index >= 15 is 0 Å². The molecule has 178 valence electrons. The van der Waals surface area contributed by atoms with Crippen molar-refractivity contribution in [2.24, 2.45) is 11.5 Å². The Kier molecular flexibility index (Phi) is 6.22. The molecule has 0 unspecified atom stereocenters. The third-order valence-corrected chi connectivity index (χ3v) is 6.23. The number of hydrogen-bond donors (Lipinski definition) is 6. The lowest BCUT2D eigenvalue weighted by atomic mass is 9.79. The first kappa shape index (κ1) is 23.0. The highest BCUT2D eigenvalue weighted by atomic mass is 16.4. The fraction of sp³-hybridized carbons (Fsp3) is 0.208. The molecule has 1 amide bonds. The molecule has 2 aromatic heterocycles. The fourth-order valence-corrected chi connectivity index (χ4v) is 4.51. The number of nitrogens with zero attached hydrogens (tertiary/aromatic N) is 3. The van der Waals surface area contributed by atoms with E-state index in [1.54, 1.807) is 30.3 Å². The number of aromatic nitrogens is 3. The van der Waals surface area contributed by atoms with Crippen LogP contribution in [0.5, 0.6) is 0 Å². The Morgan fingerprint density at radius 3 is 2.77 bits per heavy atom.